The molecule has 3 aromatic rings. The number of amides is 1. The second kappa shape index (κ2) is 9.13. The Kier molecular flexibility index (Phi) is 6.26. The van der Waals surface area contributed by atoms with Crippen LogP contribution in [0.5, 0.6) is 0 Å². The van der Waals surface area contributed by atoms with Crippen LogP contribution in [0.15, 0.2) is 36.8 Å². The number of fused-ring (bicyclic) bond motifs is 1. The van der Waals surface area contributed by atoms with Crippen molar-refractivity contribution in [3.05, 3.63) is 47.9 Å². The van der Waals surface area contributed by atoms with Crippen LogP contribution in [-0.4, -0.2) is 63.1 Å². The predicted molar refractivity (Wildman–Crippen MR) is 120 cm³/mol. The van der Waals surface area contributed by atoms with Crippen LogP contribution < -0.4 is 10.6 Å². The molecule has 1 aliphatic heterocycles. The average molecular weight is 452 g/mol. The molecule has 1 aliphatic rings. The summed E-state index contributed by atoms with van der Waals surface area (Å²) in [5.41, 5.74) is 0.304. The van der Waals surface area contributed by atoms with E-state index in [9.17, 15) is 14.3 Å². The first kappa shape index (κ1) is 22.6. The van der Waals surface area contributed by atoms with Crippen LogP contribution in [0, 0.1) is 11.3 Å². The summed E-state index contributed by atoms with van der Waals surface area (Å²) < 4.78 is 21.3. The zero-order valence-electron chi connectivity index (χ0n) is 18.4. The molecule has 3 N–H and O–H groups in total. The third kappa shape index (κ3) is 4.94. The van der Waals surface area contributed by atoms with Crippen molar-refractivity contribution in [1.82, 2.24) is 19.9 Å². The van der Waals surface area contributed by atoms with Gasteiger partial charge in [0, 0.05) is 36.7 Å². The Balaban J connectivity index is 1.65. The molecule has 2 atom stereocenters. The molecule has 9 nitrogen and oxygen atoms in total. The Labute approximate surface area is 190 Å². The number of nitrogens with one attached hydrogen (secondary N) is 2. The summed E-state index contributed by atoms with van der Waals surface area (Å²) in [7, 11) is 0. The van der Waals surface area contributed by atoms with Gasteiger partial charge in [-0.25, -0.2) is 14.4 Å². The van der Waals surface area contributed by atoms with Gasteiger partial charge in [0.15, 0.2) is 0 Å². The molecule has 0 saturated carbocycles. The number of hydrogen-bond acceptors (Lipinski definition) is 7. The monoisotopic (exact) mass is 452 g/mol. The van der Waals surface area contributed by atoms with E-state index < -0.39 is 17.7 Å². The lowest BCUT2D eigenvalue weighted by molar-refractivity contribution is -0.00177. The van der Waals surface area contributed by atoms with Crippen molar-refractivity contribution in [2.24, 2.45) is 0 Å². The van der Waals surface area contributed by atoms with E-state index in [-0.39, 0.29) is 18.2 Å². The van der Waals surface area contributed by atoms with E-state index in [1.165, 1.54) is 26.2 Å². The van der Waals surface area contributed by atoms with Crippen molar-refractivity contribution in [2.75, 3.05) is 25.1 Å². The summed E-state index contributed by atoms with van der Waals surface area (Å²) in [6.07, 6.45) is 3.88. The van der Waals surface area contributed by atoms with E-state index in [0.29, 0.717) is 35.9 Å². The van der Waals surface area contributed by atoms with Crippen LogP contribution in [0.4, 0.5) is 10.1 Å². The number of aliphatic hydroxyl groups is 1. The quantitative estimate of drug-likeness (QED) is 0.502. The average Bonchev–Trinajstić information content (AvgIpc) is 3.45. The van der Waals surface area contributed by atoms with Crippen LogP contribution in [0.25, 0.3) is 16.9 Å². The summed E-state index contributed by atoms with van der Waals surface area (Å²) >= 11 is 0. The van der Waals surface area contributed by atoms with E-state index in [1.807, 2.05) is 6.07 Å². The number of anilines is 1. The van der Waals surface area contributed by atoms with Crippen LogP contribution in [0.2, 0.25) is 0 Å². The molecule has 4 heterocycles. The fourth-order valence-corrected chi connectivity index (χ4v) is 3.54. The largest absolute Gasteiger partial charge is 0.387 e. The minimum absolute atomic E-state index is 0.0230. The van der Waals surface area contributed by atoms with Gasteiger partial charge in [-0.1, -0.05) is 0 Å². The van der Waals surface area contributed by atoms with Gasteiger partial charge in [-0.2, -0.15) is 5.26 Å². The van der Waals surface area contributed by atoms with Crippen molar-refractivity contribution < 1.29 is 19.0 Å². The molecule has 0 spiro atoms. The second-order valence-corrected chi connectivity index (χ2v) is 8.56. The highest BCUT2D eigenvalue weighted by atomic mass is 19.1. The zero-order valence-corrected chi connectivity index (χ0v) is 18.4. The Morgan fingerprint density at radius 2 is 2.24 bits per heavy atom. The van der Waals surface area contributed by atoms with Crippen molar-refractivity contribution >= 4 is 22.6 Å². The zero-order chi connectivity index (χ0) is 23.6. The normalized spacial score (nSPS) is 17.0. The van der Waals surface area contributed by atoms with Gasteiger partial charge in [-0.15, -0.1) is 0 Å². The molecule has 0 radical (unpaired) electrons. The number of nitriles is 1. The number of halogens is 1. The lowest BCUT2D eigenvalue weighted by Crippen LogP contribution is -2.42. The van der Waals surface area contributed by atoms with Gasteiger partial charge in [0.2, 0.25) is 0 Å². The number of hydrogen-bond donors (Lipinski definition) is 3. The summed E-state index contributed by atoms with van der Waals surface area (Å²) in [6, 6.07) is 7.40. The number of carbonyl (C=O) groups excluding carboxylic acids is 1. The molecular formula is C23H25FN6O3. The number of aromatic nitrogens is 3. The van der Waals surface area contributed by atoms with Crippen LogP contribution in [0.3, 0.4) is 0 Å². The van der Waals surface area contributed by atoms with Gasteiger partial charge < -0.3 is 20.5 Å². The molecule has 4 rings (SSSR count). The summed E-state index contributed by atoms with van der Waals surface area (Å²) in [5.74, 6) is 0.0246. The molecule has 10 heteroatoms. The SMILES string of the molecule is CC(C)(O)[C@H](F)CNC(=O)c1cnc(-n2ccc3cc(C#N)cnc32)cc1N[C@H]1CCOC1. The number of alkyl halides is 1. The number of nitrogens with zero attached hydrogens (tertiary/aromatic N) is 4. The van der Waals surface area contributed by atoms with E-state index in [2.05, 4.69) is 26.7 Å². The number of rotatable bonds is 7. The van der Waals surface area contributed by atoms with Crippen LogP contribution >= 0.6 is 0 Å². The topological polar surface area (TPSA) is 125 Å². The van der Waals surface area contributed by atoms with Gasteiger partial charge in [-0.05, 0) is 32.4 Å². The highest BCUT2D eigenvalue weighted by molar-refractivity contribution is 5.99. The maximum absolute atomic E-state index is 14.1. The van der Waals surface area contributed by atoms with Gasteiger partial charge >= 0.3 is 0 Å². The number of pyridine rings is 2. The maximum Gasteiger partial charge on any atom is 0.255 e. The Morgan fingerprint density at radius 3 is 2.94 bits per heavy atom. The fourth-order valence-electron chi connectivity index (χ4n) is 3.54. The van der Waals surface area contributed by atoms with Gasteiger partial charge in [0.1, 0.15) is 23.7 Å². The van der Waals surface area contributed by atoms with Crippen molar-refractivity contribution in [1.29, 1.82) is 5.26 Å². The third-order valence-electron chi connectivity index (χ3n) is 5.53. The maximum atomic E-state index is 14.1. The lowest BCUT2D eigenvalue weighted by atomic mass is 10.0. The molecule has 1 fully saturated rings. The van der Waals surface area contributed by atoms with Gasteiger partial charge in [0.25, 0.3) is 5.91 Å². The number of ether oxygens (including phenoxy) is 1. The van der Waals surface area contributed by atoms with Gasteiger partial charge in [0.05, 0.1) is 41.6 Å². The minimum atomic E-state index is -1.62. The van der Waals surface area contributed by atoms with Crippen LogP contribution in [0.1, 0.15) is 36.2 Å². The first-order valence-corrected chi connectivity index (χ1v) is 10.6. The van der Waals surface area contributed by atoms with E-state index in [4.69, 9.17) is 10.00 Å². The Morgan fingerprint density at radius 1 is 1.42 bits per heavy atom. The van der Waals surface area contributed by atoms with Crippen molar-refractivity contribution in [2.45, 2.75) is 38.1 Å². The molecule has 0 bridgehead atoms. The van der Waals surface area contributed by atoms with E-state index in [0.717, 1.165) is 11.8 Å². The van der Waals surface area contributed by atoms with Gasteiger partial charge in [-0.3, -0.25) is 9.36 Å². The Hall–Kier alpha value is -3.55. The minimum Gasteiger partial charge on any atom is -0.387 e. The second-order valence-electron chi connectivity index (χ2n) is 8.56. The molecule has 0 aromatic carbocycles. The molecule has 0 unspecified atom stereocenters. The standard InChI is InChI=1S/C23H25FN6O3/c1-23(2,32)19(24)12-28-22(31)17-11-26-20(8-18(17)29-16-4-6-33-13-16)30-5-3-15-7-14(9-25)10-27-21(15)30/h3,5,7-8,10-11,16,19,32H,4,6,12-13H2,1-2H3,(H,26,29)(H,28,31)/t16-,19+/m0/s1. The highest BCUT2D eigenvalue weighted by Gasteiger charge is 2.27. The fraction of sp³-hybridized carbons (Fsp3) is 0.391. The first-order chi connectivity index (χ1) is 15.8. The van der Waals surface area contributed by atoms with Crippen molar-refractivity contribution in [3.63, 3.8) is 0 Å². The molecule has 0 aliphatic carbocycles. The third-order valence-corrected chi connectivity index (χ3v) is 5.53. The molecule has 1 amide bonds. The molecule has 1 saturated heterocycles. The van der Waals surface area contributed by atoms with E-state index in [1.54, 1.807) is 22.9 Å². The predicted octanol–water partition coefficient (Wildman–Crippen LogP) is 2.33. The molecular weight excluding hydrogens is 427 g/mol. The van der Waals surface area contributed by atoms with Crippen molar-refractivity contribution in [3.8, 4) is 11.9 Å². The summed E-state index contributed by atoms with van der Waals surface area (Å²) in [4.78, 5) is 21.6. The molecule has 3 aromatic heterocycles. The molecule has 172 valence electrons. The lowest BCUT2D eigenvalue weighted by Gasteiger charge is -2.23. The summed E-state index contributed by atoms with van der Waals surface area (Å²) in [5, 5.41) is 25.5. The van der Waals surface area contributed by atoms with Crippen LogP contribution in [-0.2, 0) is 4.74 Å². The van der Waals surface area contributed by atoms with E-state index >= 15 is 0 Å². The smallest absolute Gasteiger partial charge is 0.255 e. The number of carbonyl (C=O) groups is 1. The first-order valence-electron chi connectivity index (χ1n) is 10.6. The molecule has 33 heavy (non-hydrogen) atoms. The summed E-state index contributed by atoms with van der Waals surface area (Å²) in [6.45, 7) is 3.50. The Bertz CT molecular complexity index is 1210. The highest BCUT2D eigenvalue weighted by Crippen LogP contribution is 2.24.